The Morgan fingerprint density at radius 2 is 1.15 bits per heavy atom. The highest BCUT2D eigenvalue weighted by Gasteiger charge is 2.32. The Morgan fingerprint density at radius 3 is 1.75 bits per heavy atom. The molecule has 0 N–H and O–H groups in total. The molecule has 0 saturated heterocycles. The summed E-state index contributed by atoms with van der Waals surface area (Å²) in [5.41, 5.74) is 12.4. The molecule has 0 spiro atoms. The lowest BCUT2D eigenvalue weighted by atomic mass is 9.82. The monoisotopic (exact) mass is 635 g/mol. The number of rotatable bonds is 9. The van der Waals surface area contributed by atoms with E-state index in [0.29, 0.717) is 10.8 Å². The molecule has 0 atom stereocenters. The summed E-state index contributed by atoms with van der Waals surface area (Å²) in [6.07, 6.45) is 15.3. The highest BCUT2D eigenvalue weighted by Crippen LogP contribution is 2.42. The van der Waals surface area contributed by atoms with Gasteiger partial charge in [-0.1, -0.05) is 100 Å². The van der Waals surface area contributed by atoms with Crippen LogP contribution < -0.4 is 0 Å². The van der Waals surface area contributed by atoms with Gasteiger partial charge in [0.05, 0.1) is 28.2 Å². The largest absolute Gasteiger partial charge is 0.299 e. The van der Waals surface area contributed by atoms with E-state index in [1.54, 1.807) is 0 Å². The van der Waals surface area contributed by atoms with Crippen LogP contribution in [0.15, 0.2) is 91.1 Å². The minimum absolute atomic E-state index is 0.401. The molecule has 3 heteroatoms. The maximum atomic E-state index is 5.48. The smallest absolute Gasteiger partial charge is 0.144 e. The van der Waals surface area contributed by atoms with Crippen molar-refractivity contribution in [1.29, 1.82) is 0 Å². The lowest BCUT2D eigenvalue weighted by Gasteiger charge is -2.24. The second-order valence-electron chi connectivity index (χ2n) is 16.4. The summed E-state index contributed by atoms with van der Waals surface area (Å²) in [6.45, 7) is 13.9. The Morgan fingerprint density at radius 1 is 0.625 bits per heavy atom. The Kier molecular flexibility index (Phi) is 8.69. The normalized spacial score (nSPS) is 17.2. The van der Waals surface area contributed by atoms with Crippen molar-refractivity contribution in [3.8, 4) is 28.3 Å². The van der Waals surface area contributed by atoms with Crippen LogP contribution in [-0.2, 0) is 18.3 Å². The molecule has 0 unspecified atom stereocenters. The summed E-state index contributed by atoms with van der Waals surface area (Å²) in [5.74, 6) is 0.998. The number of imidazole rings is 1. The van der Waals surface area contributed by atoms with Crippen molar-refractivity contribution >= 4 is 0 Å². The minimum atomic E-state index is -0.406. The van der Waals surface area contributed by atoms with E-state index in [9.17, 15) is 0 Å². The molecule has 0 amide bonds. The third-order valence-corrected chi connectivity index (χ3v) is 11.7. The summed E-state index contributed by atoms with van der Waals surface area (Å²) < 4.78 is 2.34. The predicted octanol–water partition coefficient (Wildman–Crippen LogP) is 11.8. The maximum absolute atomic E-state index is 5.48. The zero-order valence-electron chi connectivity index (χ0n) is 30.1. The zero-order chi connectivity index (χ0) is 33.5. The van der Waals surface area contributed by atoms with Gasteiger partial charge in [0.25, 0.3) is 0 Å². The summed E-state index contributed by atoms with van der Waals surface area (Å²) in [5, 5.41) is 0. The topological polar surface area (TPSA) is 30.7 Å². The van der Waals surface area contributed by atoms with Gasteiger partial charge in [-0.2, -0.15) is 0 Å². The van der Waals surface area contributed by atoms with E-state index >= 15 is 0 Å². The standard InChI is InChI=1S/C45H53N3/c1-32-15-11-16-33(2)41(32)48-31-40(47-42(48)37-20-13-18-35(28-37)30-45(6)25-9-10-26-45)43(3,4)39-22-14-21-38(46-39)36-19-12-17-34(27-36)29-44(5)23-7-8-24-44/h11-22,27-28,31H,7-10,23-26,29-30H2,1-6H3. The van der Waals surface area contributed by atoms with E-state index < -0.39 is 5.41 Å². The van der Waals surface area contributed by atoms with E-state index in [4.69, 9.17) is 9.97 Å². The van der Waals surface area contributed by atoms with E-state index in [1.165, 1.54) is 90.4 Å². The molecule has 0 aliphatic heterocycles. The van der Waals surface area contributed by atoms with Crippen LogP contribution in [0.4, 0.5) is 0 Å². The van der Waals surface area contributed by atoms with E-state index in [-0.39, 0.29) is 0 Å². The van der Waals surface area contributed by atoms with Crippen LogP contribution >= 0.6 is 0 Å². The molecule has 2 saturated carbocycles. The molecule has 2 aromatic heterocycles. The van der Waals surface area contributed by atoms with E-state index in [0.717, 1.165) is 35.7 Å². The van der Waals surface area contributed by atoms with Gasteiger partial charge in [-0.3, -0.25) is 9.55 Å². The first kappa shape index (κ1) is 32.6. The molecule has 5 aromatic rings. The average molecular weight is 636 g/mol. The second kappa shape index (κ2) is 12.8. The number of hydrogen-bond donors (Lipinski definition) is 0. The summed E-state index contributed by atoms with van der Waals surface area (Å²) in [6, 6.07) is 31.3. The molecule has 48 heavy (non-hydrogen) atoms. The van der Waals surface area contributed by atoms with Gasteiger partial charge in [-0.15, -0.1) is 0 Å². The number of hydrogen-bond acceptors (Lipinski definition) is 2. The van der Waals surface area contributed by atoms with Gasteiger partial charge < -0.3 is 0 Å². The first-order valence-electron chi connectivity index (χ1n) is 18.3. The summed E-state index contributed by atoms with van der Waals surface area (Å²) in [4.78, 5) is 10.8. The minimum Gasteiger partial charge on any atom is -0.299 e. The van der Waals surface area contributed by atoms with Gasteiger partial charge in [-0.25, -0.2) is 4.98 Å². The maximum Gasteiger partial charge on any atom is 0.144 e. The summed E-state index contributed by atoms with van der Waals surface area (Å²) >= 11 is 0. The van der Waals surface area contributed by atoms with Crippen molar-refractivity contribution in [1.82, 2.24) is 14.5 Å². The molecule has 7 rings (SSSR count). The number of aryl methyl sites for hydroxylation is 2. The molecule has 0 bridgehead atoms. The first-order valence-corrected chi connectivity index (χ1v) is 18.3. The van der Waals surface area contributed by atoms with Crippen LogP contribution in [0.1, 0.15) is 113 Å². The molecule has 2 fully saturated rings. The first-order chi connectivity index (χ1) is 23.0. The third-order valence-electron chi connectivity index (χ3n) is 11.7. The van der Waals surface area contributed by atoms with Crippen LogP contribution in [0, 0.1) is 24.7 Å². The Bertz CT molecular complexity index is 1890. The highest BCUT2D eigenvalue weighted by molar-refractivity contribution is 5.64. The van der Waals surface area contributed by atoms with Crippen molar-refractivity contribution in [3.05, 3.63) is 125 Å². The van der Waals surface area contributed by atoms with Crippen LogP contribution in [0.5, 0.6) is 0 Å². The number of nitrogens with zero attached hydrogens (tertiary/aromatic N) is 3. The molecular formula is C45H53N3. The van der Waals surface area contributed by atoms with Gasteiger partial charge in [0, 0.05) is 17.3 Å². The number of pyridine rings is 1. The van der Waals surface area contributed by atoms with Crippen LogP contribution in [0.3, 0.4) is 0 Å². The summed E-state index contributed by atoms with van der Waals surface area (Å²) in [7, 11) is 0. The van der Waals surface area contributed by atoms with Gasteiger partial charge in [0.1, 0.15) is 5.82 Å². The SMILES string of the molecule is Cc1cccc(C)c1-n1cc(C(C)(C)c2cccc(-c3cccc(CC4(C)CCCC4)c3)n2)nc1-c1cccc(CC2(C)CCCC2)c1. The van der Waals surface area contributed by atoms with Gasteiger partial charge in [-0.05, 0) is 124 Å². The van der Waals surface area contributed by atoms with Gasteiger partial charge >= 0.3 is 0 Å². The molecule has 2 heterocycles. The van der Waals surface area contributed by atoms with Crippen LogP contribution in [-0.4, -0.2) is 14.5 Å². The molecular weight excluding hydrogens is 583 g/mol. The Balaban J connectivity index is 1.27. The average Bonchev–Trinajstić information content (AvgIpc) is 3.82. The fourth-order valence-electron chi connectivity index (χ4n) is 8.77. The molecule has 2 aliphatic rings. The fraction of sp³-hybridized carbons (Fsp3) is 0.422. The zero-order valence-corrected chi connectivity index (χ0v) is 30.1. The Hall–Kier alpha value is -3.98. The molecule has 3 aromatic carbocycles. The quantitative estimate of drug-likeness (QED) is 0.161. The molecule has 0 radical (unpaired) electrons. The number of aromatic nitrogens is 3. The second-order valence-corrected chi connectivity index (χ2v) is 16.4. The lowest BCUT2D eigenvalue weighted by Crippen LogP contribution is -2.21. The number of para-hydroxylation sites is 1. The molecule has 248 valence electrons. The van der Waals surface area contributed by atoms with Crippen molar-refractivity contribution < 1.29 is 0 Å². The van der Waals surface area contributed by atoms with Gasteiger partial charge in [0.2, 0.25) is 0 Å². The van der Waals surface area contributed by atoms with Crippen molar-refractivity contribution in [2.24, 2.45) is 10.8 Å². The predicted molar refractivity (Wildman–Crippen MR) is 201 cm³/mol. The van der Waals surface area contributed by atoms with Crippen molar-refractivity contribution in [3.63, 3.8) is 0 Å². The van der Waals surface area contributed by atoms with Crippen LogP contribution in [0.25, 0.3) is 28.3 Å². The molecule has 2 aliphatic carbocycles. The van der Waals surface area contributed by atoms with Crippen molar-refractivity contribution in [2.45, 2.75) is 111 Å². The fourth-order valence-corrected chi connectivity index (χ4v) is 8.77. The highest BCUT2D eigenvalue weighted by atomic mass is 15.1. The molecule has 3 nitrogen and oxygen atoms in total. The van der Waals surface area contributed by atoms with E-state index in [1.807, 2.05) is 0 Å². The lowest BCUT2D eigenvalue weighted by molar-refractivity contribution is 0.334. The van der Waals surface area contributed by atoms with E-state index in [2.05, 4.69) is 137 Å². The van der Waals surface area contributed by atoms with Crippen molar-refractivity contribution in [2.75, 3.05) is 0 Å². The van der Waals surface area contributed by atoms with Gasteiger partial charge in [0.15, 0.2) is 0 Å². The third kappa shape index (κ3) is 6.53. The number of benzene rings is 3. The van der Waals surface area contributed by atoms with Crippen LogP contribution in [0.2, 0.25) is 0 Å². The Labute approximate surface area is 288 Å².